The molecule has 0 aliphatic carbocycles. The largest absolute Gasteiger partial charge is 0.335 e. The Hall–Kier alpha value is -0.990. The maximum atomic E-state index is 11.1. The summed E-state index contributed by atoms with van der Waals surface area (Å²) in [7, 11) is 0. The Bertz CT molecular complexity index is 162. The zero-order valence-electron chi connectivity index (χ0n) is 8.84. The number of rotatable bonds is 2. The summed E-state index contributed by atoms with van der Waals surface area (Å²) in [4.78, 5) is 12.9. The van der Waals surface area contributed by atoms with Crippen molar-refractivity contribution in [2.75, 3.05) is 19.6 Å². The Morgan fingerprint density at radius 2 is 2.08 bits per heavy atom. The first-order valence-electron chi connectivity index (χ1n) is 4.98. The van der Waals surface area contributed by atoms with E-state index in [-0.39, 0.29) is 6.03 Å². The lowest BCUT2D eigenvalue weighted by molar-refractivity contribution is 0.168. The minimum absolute atomic E-state index is 0.0642. The molecule has 76 valence electrons. The Kier molecular flexibility index (Phi) is 7.07. The van der Waals surface area contributed by atoms with E-state index in [9.17, 15) is 4.79 Å². The lowest BCUT2D eigenvalue weighted by atomic mass is 10.2. The van der Waals surface area contributed by atoms with Crippen molar-refractivity contribution in [1.29, 1.82) is 0 Å². The van der Waals surface area contributed by atoms with Crippen LogP contribution in [0.1, 0.15) is 27.2 Å². The minimum Gasteiger partial charge on any atom is -0.335 e. The number of urea groups is 1. The lowest BCUT2D eigenvalue weighted by Gasteiger charge is -2.30. The predicted molar refractivity (Wildman–Crippen MR) is 55.8 cm³/mol. The molecule has 0 radical (unpaired) electrons. The number of nitrogens with one attached hydrogen (secondary N) is 1. The molecular formula is C10H20N2O. The topological polar surface area (TPSA) is 32.3 Å². The van der Waals surface area contributed by atoms with Gasteiger partial charge in [-0.2, -0.15) is 0 Å². The summed E-state index contributed by atoms with van der Waals surface area (Å²) in [6.07, 6.45) is 5.01. The molecule has 0 unspecified atom stereocenters. The fraction of sp³-hybridized carbons (Fsp3) is 0.700. The summed E-state index contributed by atoms with van der Waals surface area (Å²) in [5, 5.41) is 2.79. The van der Waals surface area contributed by atoms with E-state index in [1.54, 1.807) is 0 Å². The molecule has 1 rings (SSSR count). The normalized spacial score (nSPS) is 14.5. The van der Waals surface area contributed by atoms with Gasteiger partial charge in [-0.25, -0.2) is 4.79 Å². The van der Waals surface area contributed by atoms with Crippen LogP contribution in [0.5, 0.6) is 0 Å². The van der Waals surface area contributed by atoms with Gasteiger partial charge in [-0.3, -0.25) is 0 Å². The van der Waals surface area contributed by atoms with E-state index in [0.29, 0.717) is 6.54 Å². The first-order valence-corrected chi connectivity index (χ1v) is 4.98. The predicted octanol–water partition coefficient (Wildman–Crippen LogP) is 2.00. The van der Waals surface area contributed by atoms with Gasteiger partial charge in [0.15, 0.2) is 0 Å². The monoisotopic (exact) mass is 184 g/mol. The Morgan fingerprint density at radius 3 is 2.46 bits per heavy atom. The SMILES string of the molecule is C/C=C/CNC(=O)N1CCC1.CC. The Balaban J connectivity index is 0.000000671. The van der Waals surface area contributed by atoms with Crippen LogP contribution in [0, 0.1) is 0 Å². The molecule has 1 fully saturated rings. The smallest absolute Gasteiger partial charge is 0.317 e. The van der Waals surface area contributed by atoms with Crippen molar-refractivity contribution in [3.63, 3.8) is 0 Å². The van der Waals surface area contributed by atoms with Crippen LogP contribution in [0.3, 0.4) is 0 Å². The zero-order valence-corrected chi connectivity index (χ0v) is 8.84. The molecule has 1 heterocycles. The highest BCUT2D eigenvalue weighted by Gasteiger charge is 2.18. The van der Waals surface area contributed by atoms with Gasteiger partial charge in [-0.05, 0) is 13.3 Å². The highest BCUT2D eigenvalue weighted by molar-refractivity contribution is 5.74. The van der Waals surface area contributed by atoms with E-state index in [4.69, 9.17) is 0 Å². The molecule has 3 heteroatoms. The van der Waals surface area contributed by atoms with E-state index < -0.39 is 0 Å². The second kappa shape index (κ2) is 7.65. The van der Waals surface area contributed by atoms with Gasteiger partial charge in [0, 0.05) is 19.6 Å². The third-order valence-corrected chi connectivity index (χ3v) is 1.75. The third kappa shape index (κ3) is 4.55. The molecule has 1 aliphatic heterocycles. The summed E-state index contributed by atoms with van der Waals surface area (Å²) in [5.74, 6) is 0. The number of hydrogen-bond donors (Lipinski definition) is 1. The van der Waals surface area contributed by atoms with Crippen molar-refractivity contribution < 1.29 is 4.79 Å². The van der Waals surface area contributed by atoms with E-state index in [1.165, 1.54) is 0 Å². The number of carbonyl (C=O) groups excluding carboxylic acids is 1. The molecule has 0 aromatic heterocycles. The summed E-state index contributed by atoms with van der Waals surface area (Å²) in [6.45, 7) is 8.42. The van der Waals surface area contributed by atoms with Gasteiger partial charge in [-0.15, -0.1) is 0 Å². The Morgan fingerprint density at radius 1 is 1.46 bits per heavy atom. The van der Waals surface area contributed by atoms with Crippen LogP contribution >= 0.6 is 0 Å². The van der Waals surface area contributed by atoms with Crippen molar-refractivity contribution in [1.82, 2.24) is 10.2 Å². The number of allylic oxidation sites excluding steroid dienone is 1. The van der Waals surface area contributed by atoms with E-state index >= 15 is 0 Å². The average Bonchev–Trinajstić information content (AvgIpc) is 2.05. The summed E-state index contributed by atoms with van der Waals surface area (Å²) < 4.78 is 0. The maximum absolute atomic E-state index is 11.1. The fourth-order valence-electron chi connectivity index (χ4n) is 0.895. The van der Waals surface area contributed by atoms with Gasteiger partial charge in [0.2, 0.25) is 0 Å². The molecule has 0 bridgehead atoms. The first-order chi connectivity index (χ1) is 6.34. The van der Waals surface area contributed by atoms with E-state index in [2.05, 4.69) is 5.32 Å². The summed E-state index contributed by atoms with van der Waals surface area (Å²) >= 11 is 0. The van der Waals surface area contributed by atoms with Gasteiger partial charge in [0.1, 0.15) is 0 Å². The minimum atomic E-state index is 0.0642. The van der Waals surface area contributed by atoms with Crippen molar-refractivity contribution in [2.24, 2.45) is 0 Å². The molecule has 13 heavy (non-hydrogen) atoms. The molecule has 1 N–H and O–H groups in total. The molecule has 3 nitrogen and oxygen atoms in total. The Labute approximate surface area is 80.8 Å². The van der Waals surface area contributed by atoms with Crippen LogP contribution in [-0.2, 0) is 0 Å². The molecule has 0 aromatic carbocycles. The van der Waals surface area contributed by atoms with Crippen molar-refractivity contribution in [3.05, 3.63) is 12.2 Å². The highest BCUT2D eigenvalue weighted by Crippen LogP contribution is 2.04. The third-order valence-electron chi connectivity index (χ3n) is 1.75. The quantitative estimate of drug-likeness (QED) is 0.654. The first kappa shape index (κ1) is 12.0. The number of carbonyl (C=O) groups is 1. The van der Waals surface area contributed by atoms with Crippen LogP contribution in [0.25, 0.3) is 0 Å². The van der Waals surface area contributed by atoms with E-state index in [0.717, 1.165) is 19.5 Å². The molecule has 0 spiro atoms. The van der Waals surface area contributed by atoms with Crippen LogP contribution < -0.4 is 5.32 Å². The number of hydrogen-bond acceptors (Lipinski definition) is 1. The summed E-state index contributed by atoms with van der Waals surface area (Å²) in [5.41, 5.74) is 0. The van der Waals surface area contributed by atoms with Gasteiger partial charge in [0.25, 0.3) is 0 Å². The van der Waals surface area contributed by atoms with Gasteiger partial charge < -0.3 is 10.2 Å². The van der Waals surface area contributed by atoms with Crippen LogP contribution in [0.2, 0.25) is 0 Å². The molecule has 1 saturated heterocycles. The number of amides is 2. The molecule has 0 atom stereocenters. The average molecular weight is 184 g/mol. The maximum Gasteiger partial charge on any atom is 0.317 e. The second-order valence-electron chi connectivity index (χ2n) is 2.60. The van der Waals surface area contributed by atoms with Crippen molar-refractivity contribution in [3.8, 4) is 0 Å². The zero-order chi connectivity index (χ0) is 10.1. The fourth-order valence-corrected chi connectivity index (χ4v) is 0.895. The van der Waals surface area contributed by atoms with Gasteiger partial charge >= 0.3 is 6.03 Å². The van der Waals surface area contributed by atoms with E-state index in [1.807, 2.05) is 37.8 Å². The van der Waals surface area contributed by atoms with Crippen molar-refractivity contribution >= 4 is 6.03 Å². The lowest BCUT2D eigenvalue weighted by Crippen LogP contribution is -2.47. The van der Waals surface area contributed by atoms with Gasteiger partial charge in [0.05, 0.1) is 0 Å². The van der Waals surface area contributed by atoms with Crippen LogP contribution in [-0.4, -0.2) is 30.6 Å². The van der Waals surface area contributed by atoms with Crippen molar-refractivity contribution in [2.45, 2.75) is 27.2 Å². The molecular weight excluding hydrogens is 164 g/mol. The highest BCUT2D eigenvalue weighted by atomic mass is 16.2. The van der Waals surface area contributed by atoms with Crippen LogP contribution in [0.4, 0.5) is 4.79 Å². The standard InChI is InChI=1S/C8H14N2O.C2H6/c1-2-3-5-9-8(11)10-6-4-7-10;1-2/h2-3H,4-7H2,1H3,(H,9,11);1-2H3/b3-2+;. The number of likely N-dealkylation sites (tertiary alicyclic amines) is 1. The summed E-state index contributed by atoms with van der Waals surface area (Å²) in [6, 6.07) is 0.0642. The molecule has 0 saturated carbocycles. The van der Waals surface area contributed by atoms with Gasteiger partial charge in [-0.1, -0.05) is 26.0 Å². The second-order valence-corrected chi connectivity index (χ2v) is 2.60. The molecule has 0 aromatic rings. The molecule has 2 amide bonds. The van der Waals surface area contributed by atoms with Crippen LogP contribution in [0.15, 0.2) is 12.2 Å². The molecule has 1 aliphatic rings. The number of nitrogens with zero attached hydrogens (tertiary/aromatic N) is 1.